The van der Waals surface area contributed by atoms with E-state index < -0.39 is 24.3 Å². The first-order valence-corrected chi connectivity index (χ1v) is 40.9. The molecule has 0 aromatic rings. The van der Waals surface area contributed by atoms with Crippen LogP contribution in [0.5, 0.6) is 0 Å². The van der Waals surface area contributed by atoms with E-state index in [2.05, 4.69) is 111 Å². The average Bonchev–Trinajstić information content (AvgIpc) is 2.74. The number of hydrogen-bond acceptors (Lipinski definition) is 7. The topological polar surface area (TPSA) is 108 Å². The zero-order valence-corrected chi connectivity index (χ0v) is 63.8. The lowest BCUT2D eigenvalue weighted by molar-refractivity contribution is -0.870. The Kier molecular flexibility index (Phi) is 73.9. The Balaban J connectivity index is 4.02. The molecule has 0 aliphatic carbocycles. The molecule has 0 aromatic heterocycles. The lowest BCUT2D eigenvalue weighted by Crippen LogP contribution is -2.40. The third kappa shape index (κ3) is 77.6. The number of carboxylic acids is 1. The number of ether oxygens (including phenoxy) is 4. The number of esters is 2. The number of nitrogens with zero attached hydrogens (tertiary/aromatic N) is 1. The van der Waals surface area contributed by atoms with Crippen molar-refractivity contribution < 1.29 is 42.9 Å². The summed E-state index contributed by atoms with van der Waals surface area (Å²) in [6.45, 7) is 4.82. The molecule has 0 radical (unpaired) electrons. The minimum absolute atomic E-state index is 0.182. The molecule has 556 valence electrons. The van der Waals surface area contributed by atoms with Crippen LogP contribution in [0, 0.1) is 0 Å². The molecular weight excluding hydrogens is 1190 g/mol. The summed E-state index contributed by atoms with van der Waals surface area (Å²) in [6.07, 6.45) is 104. The SMILES string of the molecule is CC/C=C\C/C=C\C/C=C\C/C=C\C/C=C\C/C=C\C/C=C\C/C=C\CCCCCCCCCCCCCCC(=O)OC(COC(=O)CCCCCCCCCCCCCCCCCCCCCCCCCCCCCCCCCCCC)COC(OCC[N+](C)(C)C)C(=O)O. The van der Waals surface area contributed by atoms with Crippen molar-refractivity contribution in [2.45, 2.75) is 392 Å². The van der Waals surface area contributed by atoms with Crippen LogP contribution < -0.4 is 0 Å². The fourth-order valence-corrected chi connectivity index (χ4v) is 11.9. The van der Waals surface area contributed by atoms with Crippen LogP contribution in [-0.4, -0.2) is 87.4 Å². The molecule has 96 heavy (non-hydrogen) atoms. The molecule has 0 aromatic carbocycles. The normalized spacial score (nSPS) is 13.1. The quantitative estimate of drug-likeness (QED) is 0.0211. The summed E-state index contributed by atoms with van der Waals surface area (Å²) < 4.78 is 23.1. The zero-order valence-electron chi connectivity index (χ0n) is 63.8. The molecule has 2 unspecified atom stereocenters. The van der Waals surface area contributed by atoms with Crippen molar-refractivity contribution in [3.63, 3.8) is 0 Å². The minimum Gasteiger partial charge on any atom is -0.477 e. The summed E-state index contributed by atoms with van der Waals surface area (Å²) in [5.41, 5.74) is 0. The van der Waals surface area contributed by atoms with E-state index >= 15 is 0 Å². The summed E-state index contributed by atoms with van der Waals surface area (Å²) in [4.78, 5) is 37.8. The molecular formula is C87H156NO8+. The van der Waals surface area contributed by atoms with E-state index in [1.54, 1.807) is 0 Å². The average molecular weight is 1340 g/mol. The monoisotopic (exact) mass is 1340 g/mol. The molecule has 0 bridgehead atoms. The van der Waals surface area contributed by atoms with Gasteiger partial charge >= 0.3 is 17.9 Å². The van der Waals surface area contributed by atoms with E-state index in [1.165, 1.54) is 257 Å². The summed E-state index contributed by atoms with van der Waals surface area (Å²) in [5, 5.41) is 9.78. The number of carbonyl (C=O) groups excluding carboxylic acids is 2. The minimum atomic E-state index is -1.51. The lowest BCUT2D eigenvalue weighted by Gasteiger charge is -2.25. The van der Waals surface area contributed by atoms with Crippen LogP contribution in [0.1, 0.15) is 380 Å². The van der Waals surface area contributed by atoms with Gasteiger partial charge in [-0.1, -0.05) is 387 Å². The predicted molar refractivity (Wildman–Crippen MR) is 415 cm³/mol. The van der Waals surface area contributed by atoms with Gasteiger partial charge in [0.05, 0.1) is 34.4 Å². The summed E-state index contributed by atoms with van der Waals surface area (Å²) in [7, 11) is 5.99. The lowest BCUT2D eigenvalue weighted by atomic mass is 10.0. The Morgan fingerprint density at radius 1 is 0.323 bits per heavy atom. The zero-order chi connectivity index (χ0) is 69.7. The highest BCUT2D eigenvalue weighted by Crippen LogP contribution is 2.19. The summed E-state index contributed by atoms with van der Waals surface area (Å²) in [6, 6.07) is 0. The van der Waals surface area contributed by atoms with Crippen LogP contribution in [0.4, 0.5) is 0 Å². The van der Waals surface area contributed by atoms with E-state index in [0.29, 0.717) is 17.4 Å². The Morgan fingerprint density at radius 3 is 0.885 bits per heavy atom. The highest BCUT2D eigenvalue weighted by molar-refractivity contribution is 5.71. The number of hydrogen-bond donors (Lipinski definition) is 1. The van der Waals surface area contributed by atoms with Gasteiger partial charge in [-0.25, -0.2) is 4.79 Å². The molecule has 0 rings (SSSR count). The Bertz CT molecular complexity index is 1900. The molecule has 9 nitrogen and oxygen atoms in total. The van der Waals surface area contributed by atoms with Crippen LogP contribution in [0.25, 0.3) is 0 Å². The number of likely N-dealkylation sites (N-methyl/N-ethyl adjacent to an activating group) is 1. The maximum atomic E-state index is 13.0. The van der Waals surface area contributed by atoms with Crippen LogP contribution >= 0.6 is 0 Å². The van der Waals surface area contributed by atoms with Crippen LogP contribution in [0.15, 0.2) is 97.2 Å². The summed E-state index contributed by atoms with van der Waals surface area (Å²) >= 11 is 0. The number of aliphatic carboxylic acids is 1. The van der Waals surface area contributed by atoms with Crippen molar-refractivity contribution in [1.29, 1.82) is 0 Å². The van der Waals surface area contributed by atoms with Gasteiger partial charge < -0.3 is 28.5 Å². The van der Waals surface area contributed by atoms with Gasteiger partial charge in [0.25, 0.3) is 6.29 Å². The first kappa shape index (κ1) is 92.2. The van der Waals surface area contributed by atoms with Crippen molar-refractivity contribution in [3.05, 3.63) is 97.2 Å². The first-order valence-electron chi connectivity index (χ1n) is 40.9. The van der Waals surface area contributed by atoms with Crippen LogP contribution in [-0.2, 0) is 33.3 Å². The van der Waals surface area contributed by atoms with E-state index in [9.17, 15) is 19.5 Å². The second-order valence-electron chi connectivity index (χ2n) is 28.7. The third-order valence-corrected chi connectivity index (χ3v) is 18.1. The van der Waals surface area contributed by atoms with E-state index in [-0.39, 0.29) is 32.2 Å². The van der Waals surface area contributed by atoms with E-state index in [0.717, 1.165) is 96.3 Å². The Labute approximate surface area is 594 Å². The van der Waals surface area contributed by atoms with Gasteiger partial charge in [0.1, 0.15) is 13.2 Å². The molecule has 0 heterocycles. The summed E-state index contributed by atoms with van der Waals surface area (Å²) in [5.74, 6) is -1.99. The highest BCUT2D eigenvalue weighted by atomic mass is 16.7. The second kappa shape index (κ2) is 77.0. The fraction of sp³-hybridized carbons (Fsp3) is 0.782. The third-order valence-electron chi connectivity index (χ3n) is 18.1. The molecule has 0 amide bonds. The first-order chi connectivity index (χ1) is 47.1. The number of unbranched alkanes of at least 4 members (excludes halogenated alkanes) is 45. The van der Waals surface area contributed by atoms with Gasteiger partial charge in [-0.15, -0.1) is 0 Å². The van der Waals surface area contributed by atoms with Crippen molar-refractivity contribution in [2.24, 2.45) is 0 Å². The van der Waals surface area contributed by atoms with Crippen molar-refractivity contribution >= 4 is 17.9 Å². The number of carbonyl (C=O) groups is 3. The number of carboxylic acid groups (broad SMARTS) is 1. The fourth-order valence-electron chi connectivity index (χ4n) is 11.9. The maximum Gasteiger partial charge on any atom is 0.361 e. The number of rotatable bonds is 76. The van der Waals surface area contributed by atoms with E-state index in [1.807, 2.05) is 21.1 Å². The predicted octanol–water partition coefficient (Wildman–Crippen LogP) is 26.3. The molecule has 0 saturated heterocycles. The molecule has 0 aliphatic rings. The van der Waals surface area contributed by atoms with Crippen molar-refractivity contribution in [1.82, 2.24) is 0 Å². The van der Waals surface area contributed by atoms with Gasteiger partial charge in [-0.2, -0.15) is 0 Å². The largest absolute Gasteiger partial charge is 0.477 e. The van der Waals surface area contributed by atoms with Crippen molar-refractivity contribution in [3.8, 4) is 0 Å². The standard InChI is InChI=1S/C87H155NO8/c1-6-8-10-12-14-16-18-20-22-24-26-28-30-32-34-36-38-40-42-43-44-46-48-50-52-54-56-58-60-62-64-66-68-70-72-74-76-78-85(90)96-83(82-95-87(86(91)92)93-80-79-88(3,4)5)81-94-84(89)77-75-73-71-69-67-65-63-61-59-57-55-53-51-49-47-45-41-39-37-35-33-31-29-27-25-23-21-19-17-15-13-11-9-7-2/h8,10,14,16,20,22,26,28,32,34,38,40,43-44,48,50,83,87H,6-7,9,11-13,15,17-19,21,23-25,27,29-31,33,35-37,39,41-42,45-47,49,51-82H2,1-5H3/p+1/b10-8-,16-14-,22-20-,28-26-,34-32-,40-38-,44-43-,50-48-. The number of allylic oxidation sites excluding steroid dienone is 16. The smallest absolute Gasteiger partial charge is 0.361 e. The molecule has 0 saturated carbocycles. The highest BCUT2D eigenvalue weighted by Gasteiger charge is 2.25. The van der Waals surface area contributed by atoms with Gasteiger partial charge in [0.2, 0.25) is 0 Å². The van der Waals surface area contributed by atoms with Gasteiger partial charge in [0, 0.05) is 12.8 Å². The molecule has 9 heteroatoms. The van der Waals surface area contributed by atoms with Crippen molar-refractivity contribution in [2.75, 3.05) is 47.5 Å². The Hall–Kier alpha value is -3.79. The van der Waals surface area contributed by atoms with Gasteiger partial charge in [-0.3, -0.25) is 9.59 Å². The number of quaternary nitrogens is 1. The van der Waals surface area contributed by atoms with Crippen LogP contribution in [0.2, 0.25) is 0 Å². The molecule has 1 N–H and O–H groups in total. The molecule has 2 atom stereocenters. The molecule has 0 aliphatic heterocycles. The maximum absolute atomic E-state index is 13.0. The van der Waals surface area contributed by atoms with Gasteiger partial charge in [0.15, 0.2) is 6.10 Å². The molecule has 0 spiro atoms. The Morgan fingerprint density at radius 2 is 0.594 bits per heavy atom. The van der Waals surface area contributed by atoms with E-state index in [4.69, 9.17) is 18.9 Å². The van der Waals surface area contributed by atoms with Gasteiger partial charge in [-0.05, 0) is 77.0 Å². The van der Waals surface area contributed by atoms with Crippen LogP contribution in [0.3, 0.4) is 0 Å². The second-order valence-corrected chi connectivity index (χ2v) is 28.7. The molecule has 0 fully saturated rings.